The molecule has 0 radical (unpaired) electrons. The summed E-state index contributed by atoms with van der Waals surface area (Å²) in [5.41, 5.74) is 7.16. The van der Waals surface area contributed by atoms with Gasteiger partial charge in [-0.05, 0) is 49.9 Å². The summed E-state index contributed by atoms with van der Waals surface area (Å²) in [5.74, 6) is -0.146. The third-order valence-corrected chi connectivity index (χ3v) is 3.72. The van der Waals surface area contributed by atoms with E-state index in [2.05, 4.69) is 11.8 Å². The molecular formula is C16H25FN2O. The molecule has 3 nitrogen and oxygen atoms in total. The number of anilines is 1. The lowest BCUT2D eigenvalue weighted by atomic mass is 10.1. The Hall–Kier alpha value is -1.13. The molecule has 1 fully saturated rings. The van der Waals surface area contributed by atoms with E-state index in [0.29, 0.717) is 12.2 Å². The molecule has 1 aliphatic rings. The number of halogens is 1. The number of rotatable bonds is 6. The van der Waals surface area contributed by atoms with Crippen molar-refractivity contribution in [3.63, 3.8) is 0 Å². The molecule has 1 aliphatic heterocycles. The quantitative estimate of drug-likeness (QED) is 0.870. The minimum absolute atomic E-state index is 0.146. The lowest BCUT2D eigenvalue weighted by Crippen LogP contribution is -2.40. The Balaban J connectivity index is 2.02. The monoisotopic (exact) mass is 280 g/mol. The maximum atomic E-state index is 14.2. The number of nitrogens with two attached hydrogens (primary N) is 1. The molecule has 0 saturated carbocycles. The van der Waals surface area contributed by atoms with Crippen LogP contribution in [0.4, 0.5) is 10.1 Å². The van der Waals surface area contributed by atoms with Gasteiger partial charge in [0, 0.05) is 19.7 Å². The van der Waals surface area contributed by atoms with E-state index in [1.54, 1.807) is 6.07 Å². The predicted molar refractivity (Wildman–Crippen MR) is 80.6 cm³/mol. The van der Waals surface area contributed by atoms with Crippen molar-refractivity contribution in [1.82, 2.24) is 0 Å². The Bertz CT molecular complexity index is 425. The fourth-order valence-electron chi connectivity index (χ4n) is 2.71. The maximum Gasteiger partial charge on any atom is 0.146 e. The van der Waals surface area contributed by atoms with Crippen molar-refractivity contribution < 1.29 is 9.13 Å². The summed E-state index contributed by atoms with van der Waals surface area (Å²) in [5, 5.41) is 0. The molecular weight excluding hydrogens is 255 g/mol. The van der Waals surface area contributed by atoms with Gasteiger partial charge in [0.15, 0.2) is 0 Å². The van der Waals surface area contributed by atoms with Crippen LogP contribution in [-0.4, -0.2) is 32.3 Å². The summed E-state index contributed by atoms with van der Waals surface area (Å²) in [6.07, 6.45) is 4.10. The van der Waals surface area contributed by atoms with Crippen molar-refractivity contribution in [2.24, 2.45) is 5.73 Å². The normalized spacial score (nSPS) is 19.4. The lowest BCUT2D eigenvalue weighted by molar-refractivity contribution is 0.0439. The summed E-state index contributed by atoms with van der Waals surface area (Å²) in [7, 11) is 0. The third kappa shape index (κ3) is 3.93. The number of ether oxygens (including phenoxy) is 1. The van der Waals surface area contributed by atoms with Gasteiger partial charge in [-0.15, -0.1) is 0 Å². The van der Waals surface area contributed by atoms with Crippen LogP contribution in [0.5, 0.6) is 0 Å². The smallest absolute Gasteiger partial charge is 0.146 e. The summed E-state index contributed by atoms with van der Waals surface area (Å²) >= 11 is 0. The van der Waals surface area contributed by atoms with E-state index < -0.39 is 0 Å². The van der Waals surface area contributed by atoms with Crippen LogP contribution in [0.3, 0.4) is 0 Å². The Morgan fingerprint density at radius 1 is 1.45 bits per heavy atom. The minimum Gasteiger partial charge on any atom is -0.376 e. The molecule has 1 saturated heterocycles. The van der Waals surface area contributed by atoms with Crippen LogP contribution in [0.1, 0.15) is 31.7 Å². The highest BCUT2D eigenvalue weighted by Crippen LogP contribution is 2.25. The molecule has 2 N–H and O–H groups in total. The number of benzene rings is 1. The van der Waals surface area contributed by atoms with E-state index in [0.717, 1.165) is 50.9 Å². The van der Waals surface area contributed by atoms with Gasteiger partial charge in [-0.2, -0.15) is 0 Å². The maximum absolute atomic E-state index is 14.2. The summed E-state index contributed by atoms with van der Waals surface area (Å²) in [6, 6.07) is 5.46. The summed E-state index contributed by atoms with van der Waals surface area (Å²) in [6.45, 7) is 5.13. The van der Waals surface area contributed by atoms with Gasteiger partial charge in [-0.25, -0.2) is 4.39 Å². The average Bonchev–Trinajstić information content (AvgIpc) is 2.46. The van der Waals surface area contributed by atoms with Gasteiger partial charge in [0.25, 0.3) is 0 Å². The van der Waals surface area contributed by atoms with Crippen molar-refractivity contribution >= 4 is 5.69 Å². The van der Waals surface area contributed by atoms with Gasteiger partial charge in [0.2, 0.25) is 0 Å². The van der Waals surface area contributed by atoms with Crippen molar-refractivity contribution in [3.8, 4) is 0 Å². The van der Waals surface area contributed by atoms with E-state index in [-0.39, 0.29) is 11.9 Å². The highest BCUT2D eigenvalue weighted by atomic mass is 19.1. The first-order valence-electron chi connectivity index (χ1n) is 7.59. The van der Waals surface area contributed by atoms with Crippen molar-refractivity contribution in [3.05, 3.63) is 29.6 Å². The van der Waals surface area contributed by atoms with Gasteiger partial charge in [-0.1, -0.05) is 13.0 Å². The highest BCUT2D eigenvalue weighted by molar-refractivity contribution is 5.49. The van der Waals surface area contributed by atoms with Crippen LogP contribution >= 0.6 is 0 Å². The zero-order chi connectivity index (χ0) is 14.4. The fraction of sp³-hybridized carbons (Fsp3) is 0.625. The molecule has 0 bridgehead atoms. The van der Waals surface area contributed by atoms with E-state index >= 15 is 0 Å². The van der Waals surface area contributed by atoms with Crippen molar-refractivity contribution in [1.29, 1.82) is 0 Å². The van der Waals surface area contributed by atoms with Crippen LogP contribution in [-0.2, 0) is 11.2 Å². The Morgan fingerprint density at radius 2 is 2.30 bits per heavy atom. The molecule has 1 aromatic carbocycles. The molecule has 1 heterocycles. The Kier molecular flexibility index (Phi) is 5.80. The van der Waals surface area contributed by atoms with Gasteiger partial charge in [0.05, 0.1) is 11.8 Å². The van der Waals surface area contributed by atoms with Gasteiger partial charge in [-0.3, -0.25) is 0 Å². The summed E-state index contributed by atoms with van der Waals surface area (Å²) in [4.78, 5) is 2.10. The molecule has 1 unspecified atom stereocenters. The second-order valence-corrected chi connectivity index (χ2v) is 5.41. The first-order valence-corrected chi connectivity index (χ1v) is 7.59. The van der Waals surface area contributed by atoms with Crippen LogP contribution in [0.2, 0.25) is 0 Å². The zero-order valence-electron chi connectivity index (χ0n) is 12.3. The molecule has 1 aromatic rings. The highest BCUT2D eigenvalue weighted by Gasteiger charge is 2.22. The molecule has 0 aromatic heterocycles. The molecule has 2 rings (SSSR count). The largest absolute Gasteiger partial charge is 0.376 e. The van der Waals surface area contributed by atoms with Crippen LogP contribution in [0.25, 0.3) is 0 Å². The standard InChI is InChI=1S/C16H25FN2O/c1-2-10-20-14-4-3-9-19(12-14)16-6-5-13(7-8-18)11-15(16)17/h5-6,11,14H,2-4,7-10,12,18H2,1H3. The minimum atomic E-state index is -0.146. The Morgan fingerprint density at radius 3 is 3.00 bits per heavy atom. The van der Waals surface area contributed by atoms with Crippen LogP contribution in [0.15, 0.2) is 18.2 Å². The zero-order valence-corrected chi connectivity index (χ0v) is 12.3. The number of nitrogens with zero attached hydrogens (tertiary/aromatic N) is 1. The fourth-order valence-corrected chi connectivity index (χ4v) is 2.71. The first-order chi connectivity index (χ1) is 9.74. The molecule has 112 valence electrons. The topological polar surface area (TPSA) is 38.5 Å². The van der Waals surface area contributed by atoms with E-state index in [9.17, 15) is 4.39 Å². The lowest BCUT2D eigenvalue weighted by Gasteiger charge is -2.34. The van der Waals surface area contributed by atoms with E-state index in [1.165, 1.54) is 0 Å². The second-order valence-electron chi connectivity index (χ2n) is 5.41. The van der Waals surface area contributed by atoms with Crippen LogP contribution in [0, 0.1) is 5.82 Å². The second kappa shape index (κ2) is 7.60. The average molecular weight is 280 g/mol. The molecule has 4 heteroatoms. The first kappa shape index (κ1) is 15.3. The van der Waals surface area contributed by atoms with Crippen molar-refractivity contribution in [2.45, 2.75) is 38.7 Å². The van der Waals surface area contributed by atoms with Crippen molar-refractivity contribution in [2.75, 3.05) is 31.1 Å². The molecule has 1 atom stereocenters. The van der Waals surface area contributed by atoms with Gasteiger partial charge >= 0.3 is 0 Å². The molecule has 0 aliphatic carbocycles. The number of piperidine rings is 1. The third-order valence-electron chi connectivity index (χ3n) is 3.72. The number of hydrogen-bond acceptors (Lipinski definition) is 3. The molecule has 0 spiro atoms. The van der Waals surface area contributed by atoms with E-state index in [4.69, 9.17) is 10.5 Å². The Labute approximate surface area is 120 Å². The predicted octanol–water partition coefficient (Wildman–Crippen LogP) is 2.72. The molecule has 20 heavy (non-hydrogen) atoms. The SMILES string of the molecule is CCCOC1CCCN(c2ccc(CCN)cc2F)C1. The van der Waals surface area contributed by atoms with E-state index in [1.807, 2.05) is 12.1 Å². The number of hydrogen-bond donors (Lipinski definition) is 1. The van der Waals surface area contributed by atoms with Gasteiger partial charge in [0.1, 0.15) is 5.82 Å². The van der Waals surface area contributed by atoms with Crippen LogP contribution < -0.4 is 10.6 Å². The summed E-state index contributed by atoms with van der Waals surface area (Å²) < 4.78 is 20.0. The molecule has 0 amide bonds. The van der Waals surface area contributed by atoms with Gasteiger partial charge < -0.3 is 15.4 Å².